The van der Waals surface area contributed by atoms with Crippen LogP contribution in [0.25, 0.3) is 0 Å². The predicted molar refractivity (Wildman–Crippen MR) is 81.7 cm³/mol. The second-order valence-electron chi connectivity index (χ2n) is 5.23. The van der Waals surface area contributed by atoms with Crippen molar-refractivity contribution in [2.45, 2.75) is 19.5 Å². The third kappa shape index (κ3) is 2.52. The summed E-state index contributed by atoms with van der Waals surface area (Å²) < 4.78 is 2.13. The summed E-state index contributed by atoms with van der Waals surface area (Å²) >= 11 is 0. The minimum atomic E-state index is -0.480. The van der Waals surface area contributed by atoms with Gasteiger partial charge < -0.3 is 14.8 Å². The maximum absolute atomic E-state index is 12.4. The average Bonchev–Trinajstić information content (AvgIpc) is 2.97. The molecule has 0 bridgehead atoms. The van der Waals surface area contributed by atoms with E-state index in [4.69, 9.17) is 0 Å². The molecular weight excluding hydrogens is 284 g/mol. The lowest BCUT2D eigenvalue weighted by Gasteiger charge is -2.34. The Labute approximate surface area is 127 Å². The molecular formula is C15H16N4O3. The number of carbonyl (C=O) groups excluding carboxylic acids is 1. The van der Waals surface area contributed by atoms with Gasteiger partial charge in [0.15, 0.2) is 0 Å². The maximum Gasteiger partial charge on any atom is 0.322 e. The highest BCUT2D eigenvalue weighted by Crippen LogP contribution is 2.26. The topological polar surface area (TPSA) is 80.4 Å². The summed E-state index contributed by atoms with van der Waals surface area (Å²) in [6.45, 7) is 3.32. The Morgan fingerprint density at radius 3 is 2.91 bits per heavy atom. The van der Waals surface area contributed by atoms with Crippen LogP contribution in [-0.2, 0) is 6.54 Å². The first-order valence-corrected chi connectivity index (χ1v) is 7.03. The molecule has 1 aromatic heterocycles. The SMILES string of the molecule is CC1c2cccn2CCN1C(=O)Nc1cccc([N+](=O)[O-])c1. The van der Waals surface area contributed by atoms with Gasteiger partial charge in [-0.3, -0.25) is 10.1 Å². The van der Waals surface area contributed by atoms with E-state index in [1.807, 2.05) is 25.3 Å². The fraction of sp³-hybridized carbons (Fsp3) is 0.267. The molecule has 0 saturated carbocycles. The minimum absolute atomic E-state index is 0.0394. The van der Waals surface area contributed by atoms with E-state index in [-0.39, 0.29) is 17.8 Å². The van der Waals surface area contributed by atoms with Crippen LogP contribution in [0.2, 0.25) is 0 Å². The summed E-state index contributed by atoms with van der Waals surface area (Å²) in [7, 11) is 0. The lowest BCUT2D eigenvalue weighted by molar-refractivity contribution is -0.384. The van der Waals surface area contributed by atoms with Gasteiger partial charge in [-0.25, -0.2) is 4.79 Å². The summed E-state index contributed by atoms with van der Waals surface area (Å²) in [5.41, 5.74) is 1.46. The van der Waals surface area contributed by atoms with Crippen molar-refractivity contribution < 1.29 is 9.72 Å². The van der Waals surface area contributed by atoms with Gasteiger partial charge in [0, 0.05) is 42.8 Å². The molecule has 7 nitrogen and oxygen atoms in total. The largest absolute Gasteiger partial charge is 0.348 e. The number of nitrogens with zero attached hydrogens (tertiary/aromatic N) is 3. The standard InChI is InChI=1S/C15H16N4O3/c1-11-14-6-3-7-17(14)8-9-18(11)15(20)16-12-4-2-5-13(10-12)19(21)22/h2-7,10-11H,8-9H2,1H3,(H,16,20). The van der Waals surface area contributed by atoms with Gasteiger partial charge in [0.1, 0.15) is 0 Å². The number of urea groups is 1. The lowest BCUT2D eigenvalue weighted by Crippen LogP contribution is -2.42. The number of anilines is 1. The molecule has 3 rings (SSSR count). The van der Waals surface area contributed by atoms with Crippen LogP contribution in [0.5, 0.6) is 0 Å². The highest BCUT2D eigenvalue weighted by molar-refractivity contribution is 5.90. The predicted octanol–water partition coefficient (Wildman–Crippen LogP) is 3.01. The van der Waals surface area contributed by atoms with Gasteiger partial charge in [-0.15, -0.1) is 0 Å². The average molecular weight is 300 g/mol. The Kier molecular flexibility index (Phi) is 3.54. The zero-order valence-electron chi connectivity index (χ0n) is 12.1. The number of rotatable bonds is 2. The van der Waals surface area contributed by atoms with E-state index in [9.17, 15) is 14.9 Å². The van der Waals surface area contributed by atoms with Crippen molar-refractivity contribution in [2.24, 2.45) is 0 Å². The first-order chi connectivity index (χ1) is 10.6. The molecule has 1 unspecified atom stereocenters. The van der Waals surface area contributed by atoms with Gasteiger partial charge in [0.05, 0.1) is 11.0 Å². The monoisotopic (exact) mass is 300 g/mol. The van der Waals surface area contributed by atoms with E-state index in [2.05, 4.69) is 9.88 Å². The van der Waals surface area contributed by atoms with Gasteiger partial charge in [-0.2, -0.15) is 0 Å². The summed E-state index contributed by atoms with van der Waals surface area (Å²) in [6, 6.07) is 9.62. The number of hydrogen-bond acceptors (Lipinski definition) is 3. The van der Waals surface area contributed by atoms with Crippen molar-refractivity contribution >= 4 is 17.4 Å². The van der Waals surface area contributed by atoms with Gasteiger partial charge in [0.25, 0.3) is 5.69 Å². The maximum atomic E-state index is 12.4. The van der Waals surface area contributed by atoms with Crippen molar-refractivity contribution in [2.75, 3.05) is 11.9 Å². The lowest BCUT2D eigenvalue weighted by atomic mass is 10.1. The Balaban J connectivity index is 1.75. The van der Waals surface area contributed by atoms with Crippen molar-refractivity contribution in [3.8, 4) is 0 Å². The van der Waals surface area contributed by atoms with E-state index in [1.165, 1.54) is 12.1 Å². The van der Waals surface area contributed by atoms with E-state index >= 15 is 0 Å². The molecule has 0 aliphatic carbocycles. The van der Waals surface area contributed by atoms with Crippen molar-refractivity contribution in [3.05, 3.63) is 58.4 Å². The molecule has 22 heavy (non-hydrogen) atoms. The molecule has 0 radical (unpaired) electrons. The molecule has 2 amide bonds. The van der Waals surface area contributed by atoms with Gasteiger partial charge >= 0.3 is 6.03 Å². The van der Waals surface area contributed by atoms with E-state index in [0.717, 1.165) is 12.2 Å². The molecule has 1 aliphatic rings. The molecule has 2 heterocycles. The van der Waals surface area contributed by atoms with Crippen molar-refractivity contribution in [1.82, 2.24) is 9.47 Å². The van der Waals surface area contributed by atoms with E-state index in [0.29, 0.717) is 12.2 Å². The molecule has 7 heteroatoms. The Hall–Kier alpha value is -2.83. The second-order valence-corrected chi connectivity index (χ2v) is 5.23. The summed E-state index contributed by atoms with van der Waals surface area (Å²) in [5, 5.41) is 13.5. The van der Waals surface area contributed by atoms with Crippen LogP contribution in [0.1, 0.15) is 18.7 Å². The third-order valence-corrected chi connectivity index (χ3v) is 3.91. The van der Waals surface area contributed by atoms with Crippen LogP contribution in [0, 0.1) is 10.1 Å². The fourth-order valence-electron chi connectivity index (χ4n) is 2.75. The van der Waals surface area contributed by atoms with E-state index in [1.54, 1.807) is 17.0 Å². The molecule has 1 atom stereocenters. The molecule has 2 aromatic rings. The van der Waals surface area contributed by atoms with Crippen LogP contribution >= 0.6 is 0 Å². The number of hydrogen-bond donors (Lipinski definition) is 1. The summed E-state index contributed by atoms with van der Waals surface area (Å²) in [4.78, 5) is 24.5. The Morgan fingerprint density at radius 2 is 2.14 bits per heavy atom. The second kappa shape index (κ2) is 5.51. The zero-order valence-corrected chi connectivity index (χ0v) is 12.1. The van der Waals surface area contributed by atoms with Crippen LogP contribution in [0.15, 0.2) is 42.6 Å². The smallest absolute Gasteiger partial charge is 0.322 e. The third-order valence-electron chi connectivity index (χ3n) is 3.91. The first kappa shape index (κ1) is 14.1. The van der Waals surface area contributed by atoms with Crippen molar-refractivity contribution in [1.29, 1.82) is 0 Å². The summed E-state index contributed by atoms with van der Waals surface area (Å²) in [5.74, 6) is 0. The Morgan fingerprint density at radius 1 is 1.32 bits per heavy atom. The van der Waals surface area contributed by atoms with Gasteiger partial charge in [0.2, 0.25) is 0 Å². The number of fused-ring (bicyclic) bond motifs is 1. The number of aromatic nitrogens is 1. The fourth-order valence-corrected chi connectivity index (χ4v) is 2.75. The highest BCUT2D eigenvalue weighted by atomic mass is 16.6. The van der Waals surface area contributed by atoms with Crippen LogP contribution < -0.4 is 5.32 Å². The minimum Gasteiger partial charge on any atom is -0.348 e. The van der Waals surface area contributed by atoms with Gasteiger partial charge in [-0.1, -0.05) is 6.07 Å². The Bertz CT molecular complexity index is 725. The van der Waals surface area contributed by atoms with Crippen LogP contribution in [-0.4, -0.2) is 27.0 Å². The normalized spacial score (nSPS) is 17.0. The quantitative estimate of drug-likeness (QED) is 0.684. The first-order valence-electron chi connectivity index (χ1n) is 7.03. The zero-order chi connectivity index (χ0) is 15.7. The molecule has 0 spiro atoms. The van der Waals surface area contributed by atoms with Crippen LogP contribution in [0.4, 0.5) is 16.2 Å². The number of nitro groups is 1. The van der Waals surface area contributed by atoms with Gasteiger partial charge in [-0.05, 0) is 25.1 Å². The highest BCUT2D eigenvalue weighted by Gasteiger charge is 2.27. The van der Waals surface area contributed by atoms with Crippen molar-refractivity contribution in [3.63, 3.8) is 0 Å². The molecule has 0 fully saturated rings. The molecule has 114 valence electrons. The number of nitro benzene ring substituents is 1. The number of nitrogens with one attached hydrogen (secondary N) is 1. The molecule has 1 aromatic carbocycles. The number of benzene rings is 1. The number of amides is 2. The number of non-ortho nitro benzene ring substituents is 1. The molecule has 0 saturated heterocycles. The van der Waals surface area contributed by atoms with Crippen LogP contribution in [0.3, 0.4) is 0 Å². The van der Waals surface area contributed by atoms with E-state index < -0.39 is 4.92 Å². The summed E-state index contributed by atoms with van der Waals surface area (Å²) in [6.07, 6.45) is 2.00. The number of carbonyl (C=O) groups is 1. The molecule has 1 N–H and O–H groups in total. The molecule has 1 aliphatic heterocycles.